The molecule has 0 aliphatic rings. The zero-order chi connectivity index (χ0) is 14.6. The van der Waals surface area contributed by atoms with Crippen LogP contribution >= 0.6 is 0 Å². The maximum atomic E-state index is 10.6. The molecule has 0 spiro atoms. The Hall–Kier alpha value is -1.35. The van der Waals surface area contributed by atoms with Gasteiger partial charge in [0.1, 0.15) is 0 Å². The van der Waals surface area contributed by atoms with Crippen LogP contribution in [-0.2, 0) is 4.79 Å². The lowest BCUT2D eigenvalue weighted by atomic mass is 9.88. The summed E-state index contributed by atoms with van der Waals surface area (Å²) in [7, 11) is 0. The molecule has 106 valence electrons. The summed E-state index contributed by atoms with van der Waals surface area (Å²) in [4.78, 5) is 10.6. The van der Waals surface area contributed by atoms with Crippen LogP contribution in [0.2, 0.25) is 0 Å². The van der Waals surface area contributed by atoms with Crippen molar-refractivity contribution in [3.8, 4) is 0 Å². The highest BCUT2D eigenvalue weighted by Gasteiger charge is 2.16. The summed E-state index contributed by atoms with van der Waals surface area (Å²) < 4.78 is 0. The minimum Gasteiger partial charge on any atom is -0.481 e. The molecule has 1 aromatic carbocycles. The molecule has 0 amide bonds. The van der Waals surface area contributed by atoms with Crippen molar-refractivity contribution in [2.24, 2.45) is 0 Å². The first-order valence-electron chi connectivity index (χ1n) is 6.86. The van der Waals surface area contributed by atoms with Crippen LogP contribution in [0.4, 0.5) is 0 Å². The lowest BCUT2D eigenvalue weighted by molar-refractivity contribution is -0.137. The molecule has 0 fully saturated rings. The third-order valence-electron chi connectivity index (χ3n) is 3.39. The first-order chi connectivity index (χ1) is 8.82. The lowest BCUT2D eigenvalue weighted by Crippen LogP contribution is -2.07. The van der Waals surface area contributed by atoms with E-state index in [-0.39, 0.29) is 12.8 Å². The number of rotatable bonds is 6. The Morgan fingerprint density at radius 3 is 2.21 bits per heavy atom. The molecule has 1 atom stereocenters. The molecule has 0 aromatic heterocycles. The molecule has 0 heterocycles. The third-order valence-corrected chi connectivity index (χ3v) is 3.39. The van der Waals surface area contributed by atoms with Crippen molar-refractivity contribution in [1.82, 2.24) is 0 Å². The normalized spacial score (nSPS) is 13.0. The highest BCUT2D eigenvalue weighted by atomic mass is 16.4. The summed E-state index contributed by atoms with van der Waals surface area (Å²) in [5, 5.41) is 18.9. The predicted molar refractivity (Wildman–Crippen MR) is 76.4 cm³/mol. The average molecular weight is 264 g/mol. The second-order valence-electron chi connectivity index (χ2n) is 5.65. The van der Waals surface area contributed by atoms with Crippen LogP contribution in [-0.4, -0.2) is 16.2 Å². The van der Waals surface area contributed by atoms with Gasteiger partial charge in [-0.15, -0.1) is 0 Å². The van der Waals surface area contributed by atoms with E-state index in [4.69, 9.17) is 5.11 Å². The fourth-order valence-electron chi connectivity index (χ4n) is 2.17. The fourth-order valence-corrected chi connectivity index (χ4v) is 2.17. The van der Waals surface area contributed by atoms with Gasteiger partial charge in [0.25, 0.3) is 0 Å². The molecule has 0 bridgehead atoms. The minimum atomic E-state index is -0.871. The van der Waals surface area contributed by atoms with E-state index < -0.39 is 12.1 Å². The lowest BCUT2D eigenvalue weighted by Gasteiger charge is -2.20. The maximum absolute atomic E-state index is 10.6. The smallest absolute Gasteiger partial charge is 0.303 e. The van der Waals surface area contributed by atoms with Gasteiger partial charge in [0, 0.05) is 6.42 Å². The molecule has 0 aliphatic carbocycles. The van der Waals surface area contributed by atoms with Crippen molar-refractivity contribution in [3.05, 3.63) is 34.9 Å². The number of carboxylic acid groups (broad SMARTS) is 1. The van der Waals surface area contributed by atoms with Gasteiger partial charge in [-0.2, -0.15) is 0 Å². The Bertz CT molecular complexity index is 436. The Kier molecular flexibility index (Phi) is 5.55. The SMILES string of the molecule is CC(C)c1ccc(C(O)CCC(=O)O)c(C(C)C)c1. The Morgan fingerprint density at radius 2 is 1.74 bits per heavy atom. The van der Waals surface area contributed by atoms with Gasteiger partial charge < -0.3 is 10.2 Å². The second-order valence-corrected chi connectivity index (χ2v) is 5.65. The van der Waals surface area contributed by atoms with Crippen LogP contribution in [0.25, 0.3) is 0 Å². The van der Waals surface area contributed by atoms with E-state index in [1.54, 1.807) is 0 Å². The molecule has 3 nitrogen and oxygen atoms in total. The van der Waals surface area contributed by atoms with Crippen LogP contribution in [0.3, 0.4) is 0 Å². The molecule has 1 rings (SSSR count). The summed E-state index contributed by atoms with van der Waals surface area (Å²) >= 11 is 0. The molecule has 3 heteroatoms. The molecule has 1 unspecified atom stereocenters. The Balaban J connectivity index is 3.02. The molecular weight excluding hydrogens is 240 g/mol. The number of carbonyl (C=O) groups is 1. The maximum Gasteiger partial charge on any atom is 0.303 e. The highest BCUT2D eigenvalue weighted by Crippen LogP contribution is 2.30. The predicted octanol–water partition coefficient (Wildman–Crippen LogP) is 3.83. The van der Waals surface area contributed by atoms with Gasteiger partial charge in [-0.3, -0.25) is 4.79 Å². The van der Waals surface area contributed by atoms with E-state index in [1.807, 2.05) is 12.1 Å². The molecule has 0 saturated carbocycles. The minimum absolute atomic E-state index is 0.00929. The number of benzene rings is 1. The average Bonchev–Trinajstić information content (AvgIpc) is 2.34. The van der Waals surface area contributed by atoms with E-state index in [2.05, 4.69) is 33.8 Å². The largest absolute Gasteiger partial charge is 0.481 e. The molecule has 1 aromatic rings. The van der Waals surface area contributed by atoms with Crippen molar-refractivity contribution in [2.75, 3.05) is 0 Å². The van der Waals surface area contributed by atoms with Crippen LogP contribution in [0.5, 0.6) is 0 Å². The number of aliphatic hydroxyl groups excluding tert-OH is 1. The van der Waals surface area contributed by atoms with E-state index in [9.17, 15) is 9.90 Å². The summed E-state index contributed by atoms with van der Waals surface area (Å²) in [6.07, 6.45) is -0.449. The zero-order valence-electron chi connectivity index (χ0n) is 12.2. The van der Waals surface area contributed by atoms with Crippen LogP contribution in [0.15, 0.2) is 18.2 Å². The summed E-state index contributed by atoms with van der Waals surface area (Å²) in [6.45, 7) is 8.46. The van der Waals surface area contributed by atoms with Gasteiger partial charge in [0.05, 0.1) is 6.10 Å². The third kappa shape index (κ3) is 4.35. The molecule has 0 radical (unpaired) electrons. The van der Waals surface area contributed by atoms with E-state index in [1.165, 1.54) is 5.56 Å². The van der Waals surface area contributed by atoms with Crippen molar-refractivity contribution < 1.29 is 15.0 Å². The fraction of sp³-hybridized carbons (Fsp3) is 0.562. The number of hydrogen-bond acceptors (Lipinski definition) is 2. The van der Waals surface area contributed by atoms with Crippen LogP contribution in [0, 0.1) is 0 Å². The Morgan fingerprint density at radius 1 is 1.11 bits per heavy atom. The van der Waals surface area contributed by atoms with Crippen LogP contribution in [0.1, 0.15) is 75.2 Å². The first-order valence-corrected chi connectivity index (χ1v) is 6.86. The summed E-state index contributed by atoms with van der Waals surface area (Å²) in [6, 6.07) is 6.10. The summed E-state index contributed by atoms with van der Waals surface area (Å²) in [5.74, 6) is -0.111. The molecule has 19 heavy (non-hydrogen) atoms. The van der Waals surface area contributed by atoms with Crippen molar-refractivity contribution in [3.63, 3.8) is 0 Å². The van der Waals surface area contributed by atoms with E-state index >= 15 is 0 Å². The number of carboxylic acids is 1. The van der Waals surface area contributed by atoms with Gasteiger partial charge in [0.2, 0.25) is 0 Å². The number of aliphatic hydroxyl groups is 1. The monoisotopic (exact) mass is 264 g/mol. The van der Waals surface area contributed by atoms with Gasteiger partial charge in [-0.25, -0.2) is 0 Å². The highest BCUT2D eigenvalue weighted by molar-refractivity contribution is 5.66. The Labute approximate surface area is 115 Å². The van der Waals surface area contributed by atoms with Gasteiger partial charge in [-0.1, -0.05) is 45.9 Å². The number of hydrogen-bond donors (Lipinski definition) is 2. The standard InChI is InChI=1S/C16H24O3/c1-10(2)12-5-6-13(14(9-12)11(3)4)15(17)7-8-16(18)19/h5-6,9-11,15,17H,7-8H2,1-4H3,(H,18,19). The topological polar surface area (TPSA) is 57.5 Å². The molecule has 0 saturated heterocycles. The summed E-state index contributed by atoms with van der Waals surface area (Å²) in [5.41, 5.74) is 3.22. The molecule has 2 N–H and O–H groups in total. The first kappa shape index (κ1) is 15.7. The van der Waals surface area contributed by atoms with Crippen molar-refractivity contribution in [2.45, 2.75) is 58.5 Å². The molecular formula is C16H24O3. The van der Waals surface area contributed by atoms with Gasteiger partial charge in [-0.05, 0) is 34.9 Å². The zero-order valence-corrected chi connectivity index (χ0v) is 12.2. The van der Waals surface area contributed by atoms with Crippen molar-refractivity contribution >= 4 is 5.97 Å². The molecule has 0 aliphatic heterocycles. The quantitative estimate of drug-likeness (QED) is 0.821. The van der Waals surface area contributed by atoms with Crippen LogP contribution < -0.4 is 0 Å². The van der Waals surface area contributed by atoms with E-state index in [0.717, 1.165) is 11.1 Å². The number of aliphatic carboxylic acids is 1. The van der Waals surface area contributed by atoms with Gasteiger partial charge >= 0.3 is 5.97 Å². The van der Waals surface area contributed by atoms with Crippen molar-refractivity contribution in [1.29, 1.82) is 0 Å². The van der Waals surface area contributed by atoms with E-state index in [0.29, 0.717) is 11.8 Å². The van der Waals surface area contributed by atoms with Gasteiger partial charge in [0.15, 0.2) is 0 Å². The second kappa shape index (κ2) is 6.71.